The van der Waals surface area contributed by atoms with Crippen molar-refractivity contribution in [1.82, 2.24) is 15.1 Å². The third kappa shape index (κ3) is 7.23. The van der Waals surface area contributed by atoms with Crippen molar-refractivity contribution in [3.63, 3.8) is 0 Å². The molecule has 3 aliphatic carbocycles. The molecule has 3 unspecified atom stereocenters. The number of nitrogens with zero attached hydrogens (tertiary/aromatic N) is 2. The number of carbonyl (C=O) groups is 4. The van der Waals surface area contributed by atoms with Gasteiger partial charge < -0.3 is 25.0 Å². The van der Waals surface area contributed by atoms with Crippen LogP contribution < -0.4 is 10.6 Å². The number of alkyl carbamates (subject to hydrolysis) is 1. The molecule has 252 valence electrons. The molecule has 4 atom stereocenters. The van der Waals surface area contributed by atoms with Gasteiger partial charge in [-0.05, 0) is 114 Å². The van der Waals surface area contributed by atoms with E-state index in [9.17, 15) is 23.6 Å². The van der Waals surface area contributed by atoms with Crippen LogP contribution in [0, 0.1) is 11.7 Å². The first-order valence-corrected chi connectivity index (χ1v) is 16.8. The molecule has 2 aromatic carbocycles. The summed E-state index contributed by atoms with van der Waals surface area (Å²) in [6, 6.07) is 11.8. The number of ether oxygens (including phenoxy) is 2. The summed E-state index contributed by atoms with van der Waals surface area (Å²) in [7, 11) is 0. The van der Waals surface area contributed by atoms with Crippen molar-refractivity contribution in [2.24, 2.45) is 5.92 Å². The van der Waals surface area contributed by atoms with Crippen LogP contribution in [-0.2, 0) is 37.6 Å². The maximum Gasteiger partial charge on any atom is 0.418 e. The molecular weight excluding hydrogens is 603 g/mol. The third-order valence-corrected chi connectivity index (χ3v) is 9.80. The molecule has 2 saturated carbocycles. The van der Waals surface area contributed by atoms with Crippen LogP contribution in [-0.4, -0.2) is 64.1 Å². The zero-order valence-corrected chi connectivity index (χ0v) is 27.6. The number of amides is 4. The minimum Gasteiger partial charge on any atom is -0.444 e. The number of benzene rings is 2. The molecule has 10 nitrogen and oxygen atoms in total. The highest BCUT2D eigenvalue weighted by molar-refractivity contribution is 6.06. The van der Waals surface area contributed by atoms with Crippen LogP contribution in [0.2, 0.25) is 0 Å². The van der Waals surface area contributed by atoms with Crippen LogP contribution in [0.15, 0.2) is 42.5 Å². The molecule has 1 saturated heterocycles. The van der Waals surface area contributed by atoms with Crippen molar-refractivity contribution >= 4 is 29.7 Å². The van der Waals surface area contributed by atoms with E-state index in [4.69, 9.17) is 9.47 Å². The number of aryl methyl sites for hydroxylation is 1. The van der Waals surface area contributed by atoms with Crippen LogP contribution >= 0.6 is 0 Å². The molecule has 1 aliphatic heterocycles. The Balaban J connectivity index is 1.11. The van der Waals surface area contributed by atoms with E-state index in [1.165, 1.54) is 12.1 Å². The van der Waals surface area contributed by atoms with Gasteiger partial charge in [0.2, 0.25) is 11.5 Å². The first-order chi connectivity index (χ1) is 22.3. The van der Waals surface area contributed by atoms with E-state index in [1.54, 1.807) is 17.0 Å². The third-order valence-electron chi connectivity index (χ3n) is 9.80. The van der Waals surface area contributed by atoms with Crippen molar-refractivity contribution in [3.05, 3.63) is 65.0 Å². The van der Waals surface area contributed by atoms with Gasteiger partial charge in [0, 0.05) is 42.3 Å². The Labute approximate surface area is 275 Å². The van der Waals surface area contributed by atoms with Crippen LogP contribution in [0.4, 0.5) is 19.7 Å². The fraction of sp³-hybridized carbons (Fsp3) is 0.556. The Kier molecular flexibility index (Phi) is 8.93. The number of fused-ring (bicyclic) bond motifs is 2. The molecule has 47 heavy (non-hydrogen) atoms. The van der Waals surface area contributed by atoms with E-state index >= 15 is 0 Å². The lowest BCUT2D eigenvalue weighted by Crippen LogP contribution is -2.47. The molecule has 4 aliphatic rings. The lowest BCUT2D eigenvalue weighted by atomic mass is 9.90. The average Bonchev–Trinajstić information content (AvgIpc) is 3.76. The molecule has 3 fully saturated rings. The Hall–Kier alpha value is -4.15. The molecule has 2 N–H and O–H groups in total. The highest BCUT2D eigenvalue weighted by Gasteiger charge is 2.58. The van der Waals surface area contributed by atoms with E-state index in [0.717, 1.165) is 60.2 Å². The van der Waals surface area contributed by atoms with Crippen molar-refractivity contribution in [2.45, 2.75) is 115 Å². The van der Waals surface area contributed by atoms with Gasteiger partial charge in [0.25, 0.3) is 5.91 Å². The molecule has 1 heterocycles. The Morgan fingerprint density at radius 3 is 2.51 bits per heavy atom. The fourth-order valence-corrected chi connectivity index (χ4v) is 7.21. The molecule has 0 radical (unpaired) electrons. The van der Waals surface area contributed by atoms with Gasteiger partial charge in [0.1, 0.15) is 18.0 Å². The van der Waals surface area contributed by atoms with Gasteiger partial charge in [-0.3, -0.25) is 9.59 Å². The molecule has 0 aromatic heterocycles. The Bertz CT molecular complexity index is 1540. The van der Waals surface area contributed by atoms with Gasteiger partial charge in [-0.25, -0.2) is 18.9 Å². The predicted octanol–water partition coefficient (Wildman–Crippen LogP) is 6.02. The quantitative estimate of drug-likeness (QED) is 0.342. The predicted molar refractivity (Wildman–Crippen MR) is 173 cm³/mol. The number of hydrogen-bond donors (Lipinski definition) is 2. The number of hydrogen-bond acceptors (Lipinski definition) is 7. The topological polar surface area (TPSA) is 117 Å². The molecule has 4 amide bonds. The fourth-order valence-electron chi connectivity index (χ4n) is 7.21. The first-order valence-electron chi connectivity index (χ1n) is 16.8. The highest BCUT2D eigenvalue weighted by atomic mass is 19.1. The van der Waals surface area contributed by atoms with Gasteiger partial charge in [-0.2, -0.15) is 0 Å². The van der Waals surface area contributed by atoms with Crippen LogP contribution in [0.25, 0.3) is 0 Å². The largest absolute Gasteiger partial charge is 0.444 e. The summed E-state index contributed by atoms with van der Waals surface area (Å²) in [6.07, 6.45) is 5.24. The lowest BCUT2D eigenvalue weighted by molar-refractivity contribution is -0.143. The van der Waals surface area contributed by atoms with Crippen LogP contribution in [0.5, 0.6) is 0 Å². The normalized spacial score (nSPS) is 24.5. The van der Waals surface area contributed by atoms with E-state index in [2.05, 4.69) is 10.6 Å². The second-order valence-corrected chi connectivity index (χ2v) is 14.5. The summed E-state index contributed by atoms with van der Waals surface area (Å²) in [6.45, 7) is 7.36. The van der Waals surface area contributed by atoms with Crippen LogP contribution in [0.1, 0.15) is 89.3 Å². The van der Waals surface area contributed by atoms with E-state index < -0.39 is 35.8 Å². The smallest absolute Gasteiger partial charge is 0.418 e. The Morgan fingerprint density at radius 1 is 1.09 bits per heavy atom. The highest BCUT2D eigenvalue weighted by Crippen LogP contribution is 2.46. The van der Waals surface area contributed by atoms with E-state index in [1.807, 2.05) is 45.9 Å². The molecule has 11 heteroatoms. The van der Waals surface area contributed by atoms with Gasteiger partial charge in [0.15, 0.2) is 0 Å². The minimum atomic E-state index is -1.44. The minimum absolute atomic E-state index is 0.0110. The second kappa shape index (κ2) is 12.8. The van der Waals surface area contributed by atoms with E-state index in [0.29, 0.717) is 24.3 Å². The summed E-state index contributed by atoms with van der Waals surface area (Å²) in [4.78, 5) is 55.7. The van der Waals surface area contributed by atoms with Gasteiger partial charge >= 0.3 is 12.2 Å². The van der Waals surface area contributed by atoms with Crippen molar-refractivity contribution in [1.29, 1.82) is 0 Å². The SMILES string of the molecule is C[C@@H](C1CC1)N(Cc1ccc(F)cc1)C(=O)CN1C(=O)OC2(CCc3cc(NC4CCCC(NC(=O)OC(C)(C)C)C4)ccc32)C1=O. The average molecular weight is 649 g/mol. The van der Waals surface area contributed by atoms with Gasteiger partial charge in [-0.15, -0.1) is 0 Å². The summed E-state index contributed by atoms with van der Waals surface area (Å²) < 4.78 is 24.8. The first kappa shape index (κ1) is 32.8. The van der Waals surface area contributed by atoms with Gasteiger partial charge in [0.05, 0.1) is 0 Å². The molecule has 6 rings (SSSR count). The summed E-state index contributed by atoms with van der Waals surface area (Å²) in [5.41, 5.74) is 1.25. The second-order valence-electron chi connectivity index (χ2n) is 14.5. The number of anilines is 1. The summed E-state index contributed by atoms with van der Waals surface area (Å²) in [5, 5.41) is 6.59. The lowest BCUT2D eigenvalue weighted by Gasteiger charge is -2.32. The van der Waals surface area contributed by atoms with Gasteiger partial charge in [-0.1, -0.05) is 18.2 Å². The molecule has 2 aromatic rings. The van der Waals surface area contributed by atoms with Crippen LogP contribution in [0.3, 0.4) is 0 Å². The zero-order valence-electron chi connectivity index (χ0n) is 27.6. The standard InChI is InChI=1S/C36H45FN4O6/c1-22(24-10-11-24)40(20-23-8-12-26(37)13-9-23)31(42)21-41-32(43)36(47-34(41)45)17-16-25-18-29(14-15-30(25)36)38-27-6-5-7-28(19-27)39-33(44)46-35(2,3)4/h8-9,12-15,18,22,24,27-28,38H,5-7,10-11,16-17,19-21H2,1-4H3,(H,39,44)/t22-,27?,28?,36?/m0/s1. The maximum absolute atomic E-state index is 13.9. The number of halogens is 1. The number of imide groups is 1. The van der Waals surface area contributed by atoms with Crippen molar-refractivity contribution in [3.8, 4) is 0 Å². The number of rotatable bonds is 9. The Morgan fingerprint density at radius 2 is 1.81 bits per heavy atom. The monoisotopic (exact) mass is 648 g/mol. The number of carbonyl (C=O) groups excluding carboxylic acids is 4. The van der Waals surface area contributed by atoms with E-state index in [-0.39, 0.29) is 36.4 Å². The summed E-state index contributed by atoms with van der Waals surface area (Å²) >= 11 is 0. The maximum atomic E-state index is 13.9. The van der Waals surface area contributed by atoms with Crippen molar-refractivity contribution in [2.75, 3.05) is 11.9 Å². The molecular formula is C36H45FN4O6. The summed E-state index contributed by atoms with van der Waals surface area (Å²) in [5.74, 6) is -0.856. The zero-order chi connectivity index (χ0) is 33.5. The van der Waals surface area contributed by atoms with Crippen molar-refractivity contribution < 1.29 is 33.0 Å². The molecule has 1 spiro atoms. The molecule has 0 bridgehead atoms. The number of nitrogens with one attached hydrogen (secondary N) is 2.